The minimum Gasteiger partial charge on any atom is -0.344 e. The van der Waals surface area contributed by atoms with E-state index in [-0.39, 0.29) is 0 Å². The number of hydrogen-bond donors (Lipinski definition) is 1. The van der Waals surface area contributed by atoms with Gasteiger partial charge in [-0.2, -0.15) is 0 Å². The van der Waals surface area contributed by atoms with Gasteiger partial charge < -0.3 is 14.8 Å². The third kappa shape index (κ3) is 3.78. The zero-order valence-corrected chi connectivity index (χ0v) is 12.7. The van der Waals surface area contributed by atoms with Crippen molar-refractivity contribution in [3.8, 4) is 0 Å². The van der Waals surface area contributed by atoms with Crippen molar-refractivity contribution in [3.05, 3.63) is 29.3 Å². The lowest BCUT2D eigenvalue weighted by Gasteiger charge is -2.15. The highest BCUT2D eigenvalue weighted by Gasteiger charge is 2.10. The van der Waals surface area contributed by atoms with Crippen LogP contribution < -0.4 is 10.2 Å². The average molecular weight is 279 g/mol. The number of thiazole rings is 1. The Kier molecular flexibility index (Phi) is 4.55. The molecule has 0 fully saturated rings. The van der Waals surface area contributed by atoms with Gasteiger partial charge >= 0.3 is 0 Å². The van der Waals surface area contributed by atoms with Gasteiger partial charge in [-0.1, -0.05) is 13.8 Å². The predicted octanol–water partition coefficient (Wildman–Crippen LogP) is 2.01. The van der Waals surface area contributed by atoms with Crippen LogP contribution in [0.1, 0.15) is 25.4 Å². The summed E-state index contributed by atoms with van der Waals surface area (Å²) in [5.41, 5.74) is 1.10. The molecule has 0 atom stereocenters. The highest BCUT2D eigenvalue weighted by Crippen LogP contribution is 2.20. The summed E-state index contributed by atoms with van der Waals surface area (Å²) in [6.07, 6.45) is 3.78. The van der Waals surface area contributed by atoms with Gasteiger partial charge in [-0.3, -0.25) is 0 Å². The molecule has 0 spiro atoms. The lowest BCUT2D eigenvalue weighted by Crippen LogP contribution is -2.22. The van der Waals surface area contributed by atoms with E-state index in [2.05, 4.69) is 39.4 Å². The van der Waals surface area contributed by atoms with Crippen molar-refractivity contribution < 1.29 is 0 Å². The Hall–Kier alpha value is -1.40. The van der Waals surface area contributed by atoms with Gasteiger partial charge in [-0.15, -0.1) is 11.3 Å². The zero-order valence-electron chi connectivity index (χ0n) is 11.9. The Morgan fingerprint density at radius 2 is 2.26 bits per heavy atom. The van der Waals surface area contributed by atoms with E-state index in [4.69, 9.17) is 0 Å². The van der Waals surface area contributed by atoms with Gasteiger partial charge in [0.05, 0.1) is 12.2 Å². The van der Waals surface area contributed by atoms with Crippen LogP contribution in [-0.2, 0) is 20.1 Å². The minimum atomic E-state index is 0.482. The van der Waals surface area contributed by atoms with Crippen molar-refractivity contribution in [3.63, 3.8) is 0 Å². The second-order valence-corrected chi connectivity index (χ2v) is 5.80. The van der Waals surface area contributed by atoms with Crippen LogP contribution in [0.2, 0.25) is 0 Å². The fourth-order valence-electron chi connectivity index (χ4n) is 1.69. The Morgan fingerprint density at radius 3 is 2.89 bits per heavy atom. The van der Waals surface area contributed by atoms with Crippen molar-refractivity contribution in [1.82, 2.24) is 19.9 Å². The molecule has 0 amide bonds. The number of imidazole rings is 1. The summed E-state index contributed by atoms with van der Waals surface area (Å²) in [5.74, 6) is 1.04. The van der Waals surface area contributed by atoms with Gasteiger partial charge in [0.25, 0.3) is 0 Å². The monoisotopic (exact) mass is 279 g/mol. The number of aromatic nitrogens is 3. The van der Waals surface area contributed by atoms with Crippen LogP contribution >= 0.6 is 11.3 Å². The average Bonchev–Trinajstić information content (AvgIpc) is 2.97. The minimum absolute atomic E-state index is 0.482. The molecule has 2 aromatic rings. The summed E-state index contributed by atoms with van der Waals surface area (Å²) in [4.78, 5) is 11.1. The molecule has 0 aliphatic rings. The molecule has 0 aliphatic carbocycles. The fourth-order valence-corrected chi connectivity index (χ4v) is 2.48. The topological polar surface area (TPSA) is 46.0 Å². The highest BCUT2D eigenvalue weighted by molar-refractivity contribution is 7.13. The van der Waals surface area contributed by atoms with Crippen molar-refractivity contribution in [2.24, 2.45) is 7.05 Å². The Balaban J connectivity index is 1.96. The van der Waals surface area contributed by atoms with E-state index in [1.54, 1.807) is 11.3 Å². The summed E-state index contributed by atoms with van der Waals surface area (Å²) in [6, 6.07) is 0.482. The molecule has 104 valence electrons. The third-order valence-corrected chi connectivity index (χ3v) is 3.86. The van der Waals surface area contributed by atoms with E-state index in [0.717, 1.165) is 29.7 Å². The largest absolute Gasteiger partial charge is 0.344 e. The molecule has 0 radical (unpaired) electrons. The van der Waals surface area contributed by atoms with Gasteiger partial charge in [0.1, 0.15) is 5.82 Å². The van der Waals surface area contributed by atoms with E-state index in [1.165, 1.54) is 0 Å². The lowest BCUT2D eigenvalue weighted by atomic mass is 10.4. The lowest BCUT2D eigenvalue weighted by molar-refractivity contribution is 0.583. The van der Waals surface area contributed by atoms with Gasteiger partial charge in [-0.05, 0) is 0 Å². The molecule has 2 aromatic heterocycles. The highest BCUT2D eigenvalue weighted by atomic mass is 32.1. The van der Waals surface area contributed by atoms with Crippen molar-refractivity contribution in [1.29, 1.82) is 0 Å². The van der Waals surface area contributed by atoms with Gasteiger partial charge in [0.15, 0.2) is 5.13 Å². The molecular weight excluding hydrogens is 258 g/mol. The molecule has 5 nitrogen and oxygen atoms in total. The molecular formula is C13H21N5S. The standard InChI is InChI=1S/C13H21N5S/c1-10(2)15-7-11-9-19-13(16-11)18(4)8-12-14-5-6-17(12)3/h5-6,9-10,15H,7-8H2,1-4H3. The van der Waals surface area contributed by atoms with E-state index in [1.807, 2.05) is 31.1 Å². The van der Waals surface area contributed by atoms with Crippen LogP contribution in [-0.4, -0.2) is 27.6 Å². The van der Waals surface area contributed by atoms with Crippen molar-refractivity contribution >= 4 is 16.5 Å². The van der Waals surface area contributed by atoms with Gasteiger partial charge in [0, 0.05) is 44.5 Å². The van der Waals surface area contributed by atoms with E-state index in [9.17, 15) is 0 Å². The summed E-state index contributed by atoms with van der Waals surface area (Å²) in [7, 11) is 4.06. The number of anilines is 1. The first kappa shape index (κ1) is 14.0. The SMILES string of the molecule is CC(C)NCc1csc(N(C)Cc2nccn2C)n1. The number of hydrogen-bond acceptors (Lipinski definition) is 5. The molecule has 2 heterocycles. The smallest absolute Gasteiger partial charge is 0.185 e. The van der Waals surface area contributed by atoms with Crippen molar-refractivity contribution in [2.75, 3.05) is 11.9 Å². The Morgan fingerprint density at radius 1 is 1.47 bits per heavy atom. The number of nitrogens with zero attached hydrogens (tertiary/aromatic N) is 4. The maximum Gasteiger partial charge on any atom is 0.185 e. The van der Waals surface area contributed by atoms with Gasteiger partial charge in [-0.25, -0.2) is 9.97 Å². The van der Waals surface area contributed by atoms with Crippen LogP contribution in [0.4, 0.5) is 5.13 Å². The molecule has 19 heavy (non-hydrogen) atoms. The van der Waals surface area contributed by atoms with Crippen LogP contribution in [0.25, 0.3) is 0 Å². The Bertz CT molecular complexity index is 517. The van der Waals surface area contributed by atoms with Crippen LogP contribution in [0, 0.1) is 0 Å². The molecule has 6 heteroatoms. The molecule has 0 unspecified atom stereocenters. The first-order valence-corrected chi connectivity index (χ1v) is 7.29. The fraction of sp³-hybridized carbons (Fsp3) is 0.538. The number of rotatable bonds is 6. The van der Waals surface area contributed by atoms with Crippen LogP contribution in [0.5, 0.6) is 0 Å². The normalized spacial score (nSPS) is 11.2. The molecule has 0 saturated heterocycles. The van der Waals surface area contributed by atoms with Crippen LogP contribution in [0.3, 0.4) is 0 Å². The molecule has 0 bridgehead atoms. The first-order valence-electron chi connectivity index (χ1n) is 6.41. The molecule has 0 aliphatic heterocycles. The Labute approximate surface area is 118 Å². The van der Waals surface area contributed by atoms with E-state index in [0.29, 0.717) is 6.04 Å². The second kappa shape index (κ2) is 6.16. The second-order valence-electron chi connectivity index (χ2n) is 4.97. The molecule has 1 N–H and O–H groups in total. The summed E-state index contributed by atoms with van der Waals surface area (Å²) in [5, 5.41) is 6.52. The zero-order chi connectivity index (χ0) is 13.8. The van der Waals surface area contributed by atoms with Crippen molar-refractivity contribution in [2.45, 2.75) is 33.0 Å². The van der Waals surface area contributed by atoms with E-state index < -0.39 is 0 Å². The summed E-state index contributed by atoms with van der Waals surface area (Å²) >= 11 is 1.67. The van der Waals surface area contributed by atoms with Crippen LogP contribution in [0.15, 0.2) is 17.8 Å². The number of nitrogens with one attached hydrogen (secondary N) is 1. The summed E-state index contributed by atoms with van der Waals surface area (Å²) in [6.45, 7) is 5.87. The molecule has 0 saturated carbocycles. The first-order chi connectivity index (χ1) is 9.06. The maximum absolute atomic E-state index is 4.64. The predicted molar refractivity (Wildman–Crippen MR) is 79.4 cm³/mol. The summed E-state index contributed by atoms with van der Waals surface area (Å²) < 4.78 is 2.03. The van der Waals surface area contributed by atoms with E-state index >= 15 is 0 Å². The maximum atomic E-state index is 4.64. The number of aryl methyl sites for hydroxylation is 1. The third-order valence-electron chi connectivity index (χ3n) is 2.86. The molecule has 2 rings (SSSR count). The van der Waals surface area contributed by atoms with Gasteiger partial charge in [0.2, 0.25) is 0 Å². The molecule has 0 aromatic carbocycles. The quantitative estimate of drug-likeness (QED) is 0.878.